The summed E-state index contributed by atoms with van der Waals surface area (Å²) in [5, 5.41) is 14.0. The Labute approximate surface area is 136 Å². The van der Waals surface area contributed by atoms with Crippen LogP contribution in [0.2, 0.25) is 0 Å². The number of fused-ring (bicyclic) bond motifs is 1. The minimum atomic E-state index is -0.145. The molecule has 0 unspecified atom stereocenters. The van der Waals surface area contributed by atoms with E-state index in [1.165, 1.54) is 6.42 Å². The summed E-state index contributed by atoms with van der Waals surface area (Å²) in [5.74, 6) is 1.51. The maximum absolute atomic E-state index is 9.61. The summed E-state index contributed by atoms with van der Waals surface area (Å²) in [4.78, 5) is 9.12. The van der Waals surface area contributed by atoms with Gasteiger partial charge in [-0.1, -0.05) is 12.1 Å². The average molecular weight is 313 g/mol. The lowest BCUT2D eigenvalue weighted by molar-refractivity contribution is 0.122. The molecular formula is C18H23N3O2. The lowest BCUT2D eigenvalue weighted by atomic mass is 9.93. The number of aliphatic hydroxyl groups excluding tert-OH is 1. The molecule has 5 heteroatoms. The Balaban J connectivity index is 1.54. The van der Waals surface area contributed by atoms with Crippen LogP contribution in [0.25, 0.3) is 10.9 Å². The molecule has 0 aliphatic heterocycles. The van der Waals surface area contributed by atoms with Crippen molar-refractivity contribution >= 4 is 16.9 Å². The van der Waals surface area contributed by atoms with Gasteiger partial charge in [-0.15, -0.1) is 0 Å². The smallest absolute Gasteiger partial charge is 0.223 e. The molecule has 2 aromatic rings. The molecule has 23 heavy (non-hydrogen) atoms. The Bertz CT molecular complexity index is 679. The van der Waals surface area contributed by atoms with E-state index in [-0.39, 0.29) is 6.10 Å². The van der Waals surface area contributed by atoms with Gasteiger partial charge in [0.05, 0.1) is 12.2 Å². The van der Waals surface area contributed by atoms with Crippen molar-refractivity contribution in [1.29, 1.82) is 0 Å². The highest BCUT2D eigenvalue weighted by molar-refractivity contribution is 5.84. The number of anilines is 1. The summed E-state index contributed by atoms with van der Waals surface area (Å²) in [7, 11) is 0. The van der Waals surface area contributed by atoms with Gasteiger partial charge in [0.15, 0.2) is 0 Å². The van der Waals surface area contributed by atoms with Crippen molar-refractivity contribution in [2.24, 2.45) is 0 Å². The third-order valence-electron chi connectivity index (χ3n) is 4.95. The fourth-order valence-electron chi connectivity index (χ4n) is 3.26. The van der Waals surface area contributed by atoms with Gasteiger partial charge in [-0.3, -0.25) is 0 Å². The number of aliphatic hydroxyl groups is 1. The van der Waals surface area contributed by atoms with E-state index in [1.54, 1.807) is 0 Å². The Morgan fingerprint density at radius 2 is 1.91 bits per heavy atom. The molecule has 2 aliphatic rings. The van der Waals surface area contributed by atoms with Crippen LogP contribution in [0.3, 0.4) is 0 Å². The Morgan fingerprint density at radius 3 is 2.65 bits per heavy atom. The first-order valence-electron chi connectivity index (χ1n) is 8.65. The Hall–Kier alpha value is -1.88. The number of benzene rings is 1. The molecular weight excluding hydrogens is 290 g/mol. The first kappa shape index (κ1) is 14.7. The van der Waals surface area contributed by atoms with Crippen LogP contribution in [0.4, 0.5) is 5.95 Å². The van der Waals surface area contributed by atoms with Crippen molar-refractivity contribution in [1.82, 2.24) is 9.97 Å². The maximum Gasteiger partial charge on any atom is 0.223 e. The summed E-state index contributed by atoms with van der Waals surface area (Å²) >= 11 is 0. The number of rotatable bonds is 4. The second-order valence-corrected chi connectivity index (χ2v) is 6.71. The Morgan fingerprint density at radius 1 is 1.09 bits per heavy atom. The molecule has 0 atom stereocenters. The number of nitrogens with zero attached hydrogens (tertiary/aromatic N) is 2. The number of ether oxygens (including phenoxy) is 1. The van der Waals surface area contributed by atoms with Gasteiger partial charge in [0.25, 0.3) is 0 Å². The third kappa shape index (κ3) is 3.24. The molecule has 0 amide bonds. The first-order valence-corrected chi connectivity index (χ1v) is 8.65. The number of hydrogen-bond donors (Lipinski definition) is 2. The van der Waals surface area contributed by atoms with Crippen LogP contribution in [-0.2, 0) is 0 Å². The van der Waals surface area contributed by atoms with Gasteiger partial charge in [0, 0.05) is 17.6 Å². The van der Waals surface area contributed by atoms with Gasteiger partial charge in [-0.05, 0) is 51.0 Å². The minimum absolute atomic E-state index is 0.145. The van der Waals surface area contributed by atoms with Crippen LogP contribution < -0.4 is 10.1 Å². The zero-order chi connectivity index (χ0) is 15.6. The van der Waals surface area contributed by atoms with E-state index in [9.17, 15) is 5.11 Å². The summed E-state index contributed by atoms with van der Waals surface area (Å²) < 4.78 is 6.07. The third-order valence-corrected chi connectivity index (χ3v) is 4.95. The predicted molar refractivity (Wildman–Crippen MR) is 89.7 cm³/mol. The molecule has 1 aromatic heterocycles. The van der Waals surface area contributed by atoms with Crippen molar-refractivity contribution in [2.45, 2.75) is 63.2 Å². The topological polar surface area (TPSA) is 67.3 Å². The second-order valence-electron chi connectivity index (χ2n) is 6.71. The average Bonchev–Trinajstić information content (AvgIpc) is 2.53. The molecule has 2 N–H and O–H groups in total. The van der Waals surface area contributed by atoms with E-state index in [1.807, 2.05) is 24.4 Å². The first-order chi connectivity index (χ1) is 11.3. The van der Waals surface area contributed by atoms with Crippen LogP contribution in [0.5, 0.6) is 5.75 Å². The molecule has 122 valence electrons. The fraction of sp³-hybridized carbons (Fsp3) is 0.556. The Kier molecular flexibility index (Phi) is 4.04. The lowest BCUT2D eigenvalue weighted by Gasteiger charge is -2.27. The maximum atomic E-state index is 9.61. The van der Waals surface area contributed by atoms with Gasteiger partial charge in [-0.2, -0.15) is 0 Å². The fourth-order valence-corrected chi connectivity index (χ4v) is 3.26. The van der Waals surface area contributed by atoms with Crippen LogP contribution in [0.1, 0.15) is 44.9 Å². The van der Waals surface area contributed by atoms with Gasteiger partial charge in [0.2, 0.25) is 5.95 Å². The highest BCUT2D eigenvalue weighted by atomic mass is 16.5. The molecule has 1 heterocycles. The zero-order valence-electron chi connectivity index (χ0n) is 13.2. The van der Waals surface area contributed by atoms with Crippen molar-refractivity contribution in [3.05, 3.63) is 24.4 Å². The molecule has 4 rings (SSSR count). The summed E-state index contributed by atoms with van der Waals surface area (Å²) in [6, 6.07) is 6.35. The van der Waals surface area contributed by atoms with Crippen LogP contribution in [0.15, 0.2) is 24.4 Å². The standard InChI is InChI=1S/C18H23N3O2/c22-14-9-7-13(8-10-14)20-18-19-11-12-3-1-6-16(17(12)21-18)23-15-4-2-5-15/h1,3,6,11,13-15,22H,2,4-5,7-10H2,(H,19,20,21). The van der Waals surface area contributed by atoms with Crippen molar-refractivity contribution < 1.29 is 9.84 Å². The van der Waals surface area contributed by atoms with Crippen LogP contribution >= 0.6 is 0 Å². The van der Waals surface area contributed by atoms with E-state index < -0.39 is 0 Å². The number of hydrogen-bond acceptors (Lipinski definition) is 5. The second kappa shape index (κ2) is 6.32. The predicted octanol–water partition coefficient (Wildman–Crippen LogP) is 3.28. The molecule has 5 nitrogen and oxygen atoms in total. The molecule has 0 radical (unpaired) electrons. The highest BCUT2D eigenvalue weighted by Gasteiger charge is 2.22. The molecule has 2 aliphatic carbocycles. The van der Waals surface area contributed by atoms with Gasteiger partial charge < -0.3 is 15.2 Å². The number of nitrogens with one attached hydrogen (secondary N) is 1. The van der Waals surface area contributed by atoms with E-state index in [4.69, 9.17) is 9.72 Å². The largest absolute Gasteiger partial charge is 0.488 e. The number of para-hydroxylation sites is 1. The molecule has 0 bridgehead atoms. The summed E-state index contributed by atoms with van der Waals surface area (Å²) in [6.07, 6.45) is 9.20. The van der Waals surface area contributed by atoms with E-state index in [0.717, 1.165) is 55.2 Å². The van der Waals surface area contributed by atoms with E-state index in [0.29, 0.717) is 18.1 Å². The van der Waals surface area contributed by atoms with E-state index in [2.05, 4.69) is 10.3 Å². The lowest BCUT2D eigenvalue weighted by Crippen LogP contribution is -2.29. The SMILES string of the molecule is OC1CCC(Nc2ncc3cccc(OC4CCC4)c3n2)CC1. The molecule has 1 aromatic carbocycles. The minimum Gasteiger partial charge on any atom is -0.488 e. The highest BCUT2D eigenvalue weighted by Crippen LogP contribution is 2.30. The van der Waals surface area contributed by atoms with Gasteiger partial charge >= 0.3 is 0 Å². The van der Waals surface area contributed by atoms with Crippen molar-refractivity contribution in [2.75, 3.05) is 5.32 Å². The van der Waals surface area contributed by atoms with E-state index >= 15 is 0 Å². The van der Waals surface area contributed by atoms with Crippen LogP contribution in [-0.4, -0.2) is 33.3 Å². The zero-order valence-corrected chi connectivity index (χ0v) is 13.2. The molecule has 0 saturated heterocycles. The summed E-state index contributed by atoms with van der Waals surface area (Å²) in [6.45, 7) is 0. The molecule has 0 spiro atoms. The quantitative estimate of drug-likeness (QED) is 0.906. The normalized spacial score (nSPS) is 25.1. The molecule has 2 fully saturated rings. The van der Waals surface area contributed by atoms with Crippen LogP contribution in [0, 0.1) is 0 Å². The molecule has 2 saturated carbocycles. The van der Waals surface area contributed by atoms with Gasteiger partial charge in [-0.25, -0.2) is 9.97 Å². The van der Waals surface area contributed by atoms with Crippen molar-refractivity contribution in [3.63, 3.8) is 0 Å². The van der Waals surface area contributed by atoms with Gasteiger partial charge in [0.1, 0.15) is 11.3 Å². The summed E-state index contributed by atoms with van der Waals surface area (Å²) in [5.41, 5.74) is 0.882. The number of aromatic nitrogens is 2. The van der Waals surface area contributed by atoms with Crippen molar-refractivity contribution in [3.8, 4) is 5.75 Å². The monoisotopic (exact) mass is 313 g/mol.